The van der Waals surface area contributed by atoms with Crippen molar-refractivity contribution in [2.75, 3.05) is 38.3 Å². The molecule has 1 heterocycles. The summed E-state index contributed by atoms with van der Waals surface area (Å²) in [6.45, 7) is 3.91. The van der Waals surface area contributed by atoms with Gasteiger partial charge in [-0.3, -0.25) is 9.59 Å². The van der Waals surface area contributed by atoms with Crippen molar-refractivity contribution in [2.24, 2.45) is 0 Å². The van der Waals surface area contributed by atoms with Gasteiger partial charge in [0.15, 0.2) is 5.78 Å². The lowest BCUT2D eigenvalue weighted by Crippen LogP contribution is -2.36. The zero-order valence-electron chi connectivity index (χ0n) is 17.7. The Morgan fingerprint density at radius 1 is 0.967 bits per heavy atom. The Morgan fingerprint density at radius 2 is 1.70 bits per heavy atom. The van der Waals surface area contributed by atoms with E-state index in [1.54, 1.807) is 11.9 Å². The molecule has 0 unspecified atom stereocenters. The van der Waals surface area contributed by atoms with Crippen LogP contribution < -0.4 is 4.90 Å². The number of hydrogen-bond acceptors (Lipinski definition) is 4. The minimum absolute atomic E-state index is 0.00164. The lowest BCUT2D eigenvalue weighted by atomic mass is 10.0. The van der Waals surface area contributed by atoms with E-state index in [4.69, 9.17) is 4.74 Å². The van der Waals surface area contributed by atoms with Crippen LogP contribution in [0.4, 0.5) is 5.69 Å². The zero-order valence-corrected chi connectivity index (χ0v) is 17.7. The SMILES string of the molecule is CN(Cc1ccc(N2CCOCC2)cc1)C(=O)CCC(=O)c1ccc2c(c1)CCC2. The number of ether oxygens (including phenoxy) is 1. The molecule has 2 aliphatic rings. The molecule has 158 valence electrons. The number of carbonyl (C=O) groups is 2. The van der Waals surface area contributed by atoms with Crippen LogP contribution >= 0.6 is 0 Å². The molecule has 30 heavy (non-hydrogen) atoms. The fourth-order valence-electron chi connectivity index (χ4n) is 4.30. The van der Waals surface area contributed by atoms with Gasteiger partial charge in [0.05, 0.1) is 13.2 Å². The summed E-state index contributed by atoms with van der Waals surface area (Å²) in [6, 6.07) is 14.4. The number of hydrogen-bond donors (Lipinski definition) is 0. The number of anilines is 1. The van der Waals surface area contributed by atoms with Gasteiger partial charge < -0.3 is 14.5 Å². The molecule has 1 fully saturated rings. The Bertz CT molecular complexity index is 901. The average molecular weight is 407 g/mol. The number of rotatable bonds is 7. The highest BCUT2D eigenvalue weighted by molar-refractivity contribution is 5.98. The van der Waals surface area contributed by atoms with E-state index in [0.29, 0.717) is 6.54 Å². The van der Waals surface area contributed by atoms with E-state index < -0.39 is 0 Å². The van der Waals surface area contributed by atoms with Crippen LogP contribution in [0.25, 0.3) is 0 Å². The largest absolute Gasteiger partial charge is 0.378 e. The Labute approximate surface area is 178 Å². The molecule has 5 heteroatoms. The second-order valence-electron chi connectivity index (χ2n) is 8.28. The predicted octanol–water partition coefficient (Wildman–Crippen LogP) is 3.63. The number of amides is 1. The second-order valence-corrected chi connectivity index (χ2v) is 8.28. The summed E-state index contributed by atoms with van der Waals surface area (Å²) in [5.41, 5.74) is 5.68. The first-order chi connectivity index (χ1) is 14.6. The molecular weight excluding hydrogens is 376 g/mol. The van der Waals surface area contributed by atoms with E-state index >= 15 is 0 Å². The van der Waals surface area contributed by atoms with Crippen LogP contribution in [0.3, 0.4) is 0 Å². The third kappa shape index (κ3) is 4.90. The van der Waals surface area contributed by atoms with Gasteiger partial charge in [-0.15, -0.1) is 0 Å². The van der Waals surface area contributed by atoms with Gasteiger partial charge >= 0.3 is 0 Å². The first-order valence-electron chi connectivity index (χ1n) is 10.9. The smallest absolute Gasteiger partial charge is 0.223 e. The average Bonchev–Trinajstić information content (AvgIpc) is 3.26. The van der Waals surface area contributed by atoms with Gasteiger partial charge in [0, 0.05) is 50.8 Å². The van der Waals surface area contributed by atoms with Gasteiger partial charge in [0.1, 0.15) is 0 Å². The van der Waals surface area contributed by atoms with Crippen molar-refractivity contribution in [2.45, 2.75) is 38.6 Å². The van der Waals surface area contributed by atoms with Crippen LogP contribution in [-0.2, 0) is 28.9 Å². The second kappa shape index (κ2) is 9.43. The highest BCUT2D eigenvalue weighted by atomic mass is 16.5. The summed E-state index contributed by atoms with van der Waals surface area (Å²) in [5, 5.41) is 0. The monoisotopic (exact) mass is 406 g/mol. The van der Waals surface area contributed by atoms with E-state index in [9.17, 15) is 9.59 Å². The number of nitrogens with zero attached hydrogens (tertiary/aromatic N) is 2. The van der Waals surface area contributed by atoms with Gasteiger partial charge in [0.25, 0.3) is 0 Å². The van der Waals surface area contributed by atoms with Gasteiger partial charge in [0.2, 0.25) is 5.91 Å². The van der Waals surface area contributed by atoms with Gasteiger partial charge in [-0.2, -0.15) is 0 Å². The van der Waals surface area contributed by atoms with Crippen LogP contribution in [0, 0.1) is 0 Å². The predicted molar refractivity (Wildman–Crippen MR) is 118 cm³/mol. The molecule has 1 saturated heterocycles. The third-order valence-electron chi connectivity index (χ3n) is 6.14. The third-order valence-corrected chi connectivity index (χ3v) is 6.14. The first-order valence-corrected chi connectivity index (χ1v) is 10.9. The lowest BCUT2D eigenvalue weighted by Gasteiger charge is -2.29. The van der Waals surface area contributed by atoms with Crippen molar-refractivity contribution in [3.8, 4) is 0 Å². The fourth-order valence-corrected chi connectivity index (χ4v) is 4.30. The van der Waals surface area contributed by atoms with E-state index in [1.165, 1.54) is 23.2 Å². The topological polar surface area (TPSA) is 49.9 Å². The molecule has 0 aromatic heterocycles. The van der Waals surface area contributed by atoms with Crippen molar-refractivity contribution in [1.29, 1.82) is 0 Å². The molecule has 1 amide bonds. The Morgan fingerprint density at radius 3 is 2.47 bits per heavy atom. The summed E-state index contributed by atoms with van der Waals surface area (Å²) in [4.78, 5) is 29.1. The van der Waals surface area contributed by atoms with Crippen LogP contribution in [0.1, 0.15) is 46.3 Å². The van der Waals surface area contributed by atoms with Gasteiger partial charge in [-0.25, -0.2) is 0 Å². The molecule has 0 N–H and O–H groups in total. The molecule has 2 aromatic carbocycles. The number of ketones is 1. The van der Waals surface area contributed by atoms with E-state index in [-0.39, 0.29) is 24.5 Å². The van der Waals surface area contributed by atoms with Crippen LogP contribution in [0.15, 0.2) is 42.5 Å². The van der Waals surface area contributed by atoms with E-state index in [0.717, 1.165) is 50.3 Å². The molecule has 0 radical (unpaired) electrons. The Balaban J connectivity index is 1.26. The Kier molecular flexibility index (Phi) is 6.48. The van der Waals surface area contributed by atoms with Crippen molar-refractivity contribution < 1.29 is 14.3 Å². The molecular formula is C25H30N2O3. The highest BCUT2D eigenvalue weighted by Crippen LogP contribution is 2.23. The van der Waals surface area contributed by atoms with Gasteiger partial charge in [-0.05, 0) is 54.2 Å². The van der Waals surface area contributed by atoms with Crippen LogP contribution in [-0.4, -0.2) is 49.9 Å². The lowest BCUT2D eigenvalue weighted by molar-refractivity contribution is -0.130. The zero-order chi connectivity index (χ0) is 20.9. The molecule has 1 aliphatic carbocycles. The van der Waals surface area contributed by atoms with Crippen molar-refractivity contribution in [1.82, 2.24) is 4.90 Å². The molecule has 0 bridgehead atoms. The summed E-state index contributed by atoms with van der Waals surface area (Å²) in [7, 11) is 1.80. The number of benzene rings is 2. The van der Waals surface area contributed by atoms with Gasteiger partial charge in [-0.1, -0.05) is 24.3 Å². The maximum absolute atomic E-state index is 12.5. The number of aryl methyl sites for hydroxylation is 2. The number of Topliss-reactive ketones (excluding diaryl/α,β-unsaturated/α-hetero) is 1. The van der Waals surface area contributed by atoms with Crippen molar-refractivity contribution in [3.63, 3.8) is 0 Å². The van der Waals surface area contributed by atoms with E-state index in [2.05, 4.69) is 35.2 Å². The molecule has 0 atom stereocenters. The van der Waals surface area contributed by atoms with Crippen molar-refractivity contribution >= 4 is 17.4 Å². The quantitative estimate of drug-likeness (QED) is 0.659. The molecule has 0 saturated carbocycles. The van der Waals surface area contributed by atoms with Crippen LogP contribution in [0.5, 0.6) is 0 Å². The minimum atomic E-state index is 0.00164. The summed E-state index contributed by atoms with van der Waals surface area (Å²) in [6.07, 6.45) is 3.85. The molecule has 0 spiro atoms. The summed E-state index contributed by atoms with van der Waals surface area (Å²) in [5.74, 6) is 0.0584. The normalized spacial score (nSPS) is 15.7. The number of carbonyl (C=O) groups excluding carboxylic acids is 2. The minimum Gasteiger partial charge on any atom is -0.378 e. The molecule has 4 rings (SSSR count). The maximum atomic E-state index is 12.5. The maximum Gasteiger partial charge on any atom is 0.223 e. The number of morpholine rings is 1. The molecule has 2 aromatic rings. The van der Waals surface area contributed by atoms with Crippen molar-refractivity contribution in [3.05, 3.63) is 64.7 Å². The summed E-state index contributed by atoms with van der Waals surface area (Å²) >= 11 is 0. The standard InChI is InChI=1S/C25H30N2O3/c1-26(18-19-5-9-23(10-6-19)27-13-15-30-16-14-27)25(29)12-11-24(28)22-8-7-20-3-2-4-21(20)17-22/h5-10,17H,2-4,11-16,18H2,1H3. The van der Waals surface area contributed by atoms with E-state index in [1.807, 2.05) is 12.1 Å². The first kappa shape index (κ1) is 20.6. The number of fused-ring (bicyclic) bond motifs is 1. The highest BCUT2D eigenvalue weighted by Gasteiger charge is 2.17. The summed E-state index contributed by atoms with van der Waals surface area (Å²) < 4.78 is 5.40. The fraction of sp³-hybridized carbons (Fsp3) is 0.440. The van der Waals surface area contributed by atoms with Crippen LogP contribution in [0.2, 0.25) is 0 Å². The molecule has 5 nitrogen and oxygen atoms in total. The molecule has 1 aliphatic heterocycles. The Hall–Kier alpha value is -2.66.